The lowest BCUT2D eigenvalue weighted by molar-refractivity contribution is 0.0991. The highest BCUT2D eigenvalue weighted by Gasteiger charge is 2.16. The first-order valence-electron chi connectivity index (χ1n) is 12.3. The number of hydrogen-bond acceptors (Lipinski definition) is 5. The molecule has 40 heavy (non-hydrogen) atoms. The van der Waals surface area contributed by atoms with Crippen LogP contribution in [0, 0.1) is 11.6 Å². The van der Waals surface area contributed by atoms with Crippen molar-refractivity contribution >= 4 is 11.3 Å². The lowest BCUT2D eigenvalue weighted by Gasteiger charge is -2.12. The van der Waals surface area contributed by atoms with Gasteiger partial charge in [-0.15, -0.1) is 0 Å². The Morgan fingerprint density at radius 3 is 2.42 bits per heavy atom. The van der Waals surface area contributed by atoms with E-state index >= 15 is 4.39 Å². The third-order valence-corrected chi connectivity index (χ3v) is 6.42. The molecule has 0 unspecified atom stereocenters. The summed E-state index contributed by atoms with van der Waals surface area (Å²) in [6, 6.07) is 19.8. The van der Waals surface area contributed by atoms with Crippen molar-refractivity contribution in [3.05, 3.63) is 143 Å². The van der Waals surface area contributed by atoms with E-state index in [2.05, 4.69) is 10.1 Å². The maximum absolute atomic E-state index is 15.2. The van der Waals surface area contributed by atoms with Crippen molar-refractivity contribution in [1.29, 1.82) is 0 Å². The number of pyridine rings is 3. The van der Waals surface area contributed by atoms with E-state index in [1.165, 1.54) is 53.2 Å². The summed E-state index contributed by atoms with van der Waals surface area (Å²) in [6.45, 7) is 0. The first kappa shape index (κ1) is 24.9. The zero-order valence-electron chi connectivity index (χ0n) is 20.9. The Bertz CT molecular complexity index is 1920. The van der Waals surface area contributed by atoms with E-state index in [0.29, 0.717) is 22.5 Å². The van der Waals surface area contributed by atoms with Gasteiger partial charge in [-0.2, -0.15) is 5.10 Å². The molecule has 0 N–H and O–H groups in total. The highest BCUT2D eigenvalue weighted by atomic mass is 19.1. The maximum atomic E-state index is 15.2. The maximum Gasteiger partial charge on any atom is 0.265 e. The minimum Gasteiger partial charge on any atom is -0.452 e. The quantitative estimate of drug-likeness (QED) is 0.233. The topological polar surface area (TPSA) is 78.5 Å². The molecule has 0 amide bonds. The summed E-state index contributed by atoms with van der Waals surface area (Å²) in [6.07, 6.45) is 8.13. The third-order valence-electron chi connectivity index (χ3n) is 6.42. The second kappa shape index (κ2) is 10.4. The van der Waals surface area contributed by atoms with Gasteiger partial charge >= 0.3 is 0 Å². The third kappa shape index (κ3) is 4.88. The van der Waals surface area contributed by atoms with Crippen LogP contribution < -0.4 is 10.3 Å². The lowest BCUT2D eigenvalue weighted by Crippen LogP contribution is -2.25. The Morgan fingerprint density at radius 2 is 1.65 bits per heavy atom. The molecule has 0 bridgehead atoms. The number of carbonyl (C=O) groups is 1. The fraction of sp³-hybridized carbons (Fsp3) is 0.0323. The summed E-state index contributed by atoms with van der Waals surface area (Å²) in [5.74, 6) is -1.19. The van der Waals surface area contributed by atoms with Gasteiger partial charge in [0.1, 0.15) is 11.3 Å². The molecule has 0 spiro atoms. The van der Waals surface area contributed by atoms with E-state index in [9.17, 15) is 14.0 Å². The standard InChI is InChI=1S/C31H20F2N4O3/c32-23-4-6-24(7-5-23)36-15-1-2-25(31(36)39)28(38)17-20-3-8-29(26(33)16-20)40-30-18-22(21-9-12-34-13-10-21)19-37-27(30)11-14-35-37/h1-16,18-19H,17H2. The highest BCUT2D eigenvalue weighted by Crippen LogP contribution is 2.32. The van der Waals surface area contributed by atoms with Gasteiger partial charge in [-0.3, -0.25) is 19.1 Å². The molecule has 196 valence electrons. The minimum atomic E-state index is -0.658. The summed E-state index contributed by atoms with van der Waals surface area (Å²) < 4.78 is 37.3. The SMILES string of the molecule is O=C(Cc1ccc(Oc2cc(-c3ccncc3)cn3nccc23)c(F)c1)c1cccn(-c2ccc(F)cc2)c1=O. The Kier molecular flexibility index (Phi) is 6.45. The van der Waals surface area contributed by atoms with Gasteiger partial charge in [0.25, 0.3) is 5.56 Å². The predicted molar refractivity (Wildman–Crippen MR) is 145 cm³/mol. The Balaban J connectivity index is 1.25. The molecule has 6 aromatic rings. The molecular weight excluding hydrogens is 514 g/mol. The van der Waals surface area contributed by atoms with Crippen LogP contribution in [0.2, 0.25) is 0 Å². The molecule has 0 saturated heterocycles. The van der Waals surface area contributed by atoms with Gasteiger partial charge in [-0.25, -0.2) is 13.3 Å². The van der Waals surface area contributed by atoms with Crippen molar-refractivity contribution < 1.29 is 18.3 Å². The number of halogens is 2. The van der Waals surface area contributed by atoms with E-state index in [0.717, 1.165) is 11.1 Å². The second-order valence-corrected chi connectivity index (χ2v) is 9.03. The zero-order chi connectivity index (χ0) is 27.6. The summed E-state index contributed by atoms with van der Waals surface area (Å²) in [5, 5.41) is 4.29. The smallest absolute Gasteiger partial charge is 0.265 e. The number of nitrogens with zero attached hydrogens (tertiary/aromatic N) is 4. The number of benzene rings is 2. The Morgan fingerprint density at radius 1 is 0.850 bits per heavy atom. The van der Waals surface area contributed by atoms with E-state index in [-0.39, 0.29) is 17.7 Å². The zero-order valence-corrected chi connectivity index (χ0v) is 20.9. The summed E-state index contributed by atoms with van der Waals surface area (Å²) >= 11 is 0. The van der Waals surface area contributed by atoms with Gasteiger partial charge in [-0.05, 0) is 83.9 Å². The van der Waals surface area contributed by atoms with E-state index < -0.39 is 23.0 Å². The number of aromatic nitrogens is 4. The van der Waals surface area contributed by atoms with E-state index in [1.54, 1.807) is 47.4 Å². The molecule has 2 aromatic carbocycles. The first-order chi connectivity index (χ1) is 19.5. The summed E-state index contributed by atoms with van der Waals surface area (Å²) in [5.41, 5.74) is 2.57. The van der Waals surface area contributed by atoms with Crippen LogP contribution in [0.25, 0.3) is 22.3 Å². The van der Waals surface area contributed by atoms with Gasteiger partial charge in [0, 0.05) is 42.5 Å². The van der Waals surface area contributed by atoms with Gasteiger partial charge < -0.3 is 4.74 Å². The van der Waals surface area contributed by atoms with Crippen LogP contribution in [0.1, 0.15) is 15.9 Å². The van der Waals surface area contributed by atoms with Crippen LogP contribution in [0.4, 0.5) is 8.78 Å². The molecule has 6 rings (SSSR count). The molecule has 0 saturated carbocycles. The number of Topliss-reactive ketones (excluding diaryl/α,β-unsaturated/α-hetero) is 1. The number of ketones is 1. The molecular formula is C31H20F2N4O3. The van der Waals surface area contributed by atoms with Crippen LogP contribution >= 0.6 is 0 Å². The van der Waals surface area contributed by atoms with E-state index in [1.807, 2.05) is 18.3 Å². The summed E-state index contributed by atoms with van der Waals surface area (Å²) in [7, 11) is 0. The fourth-order valence-corrected chi connectivity index (χ4v) is 4.43. The predicted octanol–water partition coefficient (Wildman–Crippen LogP) is 6.04. The van der Waals surface area contributed by atoms with Crippen molar-refractivity contribution in [2.75, 3.05) is 0 Å². The van der Waals surface area contributed by atoms with Crippen LogP contribution in [0.15, 0.2) is 115 Å². The average Bonchev–Trinajstić information content (AvgIpc) is 3.45. The van der Waals surface area contributed by atoms with Crippen LogP contribution in [-0.2, 0) is 6.42 Å². The first-order valence-corrected chi connectivity index (χ1v) is 12.3. The van der Waals surface area contributed by atoms with Gasteiger partial charge in [0.2, 0.25) is 0 Å². The van der Waals surface area contributed by atoms with Gasteiger partial charge in [0.15, 0.2) is 23.1 Å². The molecule has 0 radical (unpaired) electrons. The van der Waals surface area contributed by atoms with Gasteiger partial charge in [0.05, 0.1) is 11.8 Å². The van der Waals surface area contributed by atoms with Crippen molar-refractivity contribution in [1.82, 2.24) is 19.2 Å². The molecule has 0 aliphatic heterocycles. The van der Waals surface area contributed by atoms with Crippen molar-refractivity contribution in [3.63, 3.8) is 0 Å². The highest BCUT2D eigenvalue weighted by molar-refractivity contribution is 5.97. The fourth-order valence-electron chi connectivity index (χ4n) is 4.43. The Labute approximate surface area is 226 Å². The molecule has 4 aromatic heterocycles. The number of rotatable bonds is 7. The lowest BCUT2D eigenvalue weighted by atomic mass is 10.0. The molecule has 0 aliphatic rings. The largest absolute Gasteiger partial charge is 0.452 e. The number of ether oxygens (including phenoxy) is 1. The normalized spacial score (nSPS) is 11.1. The van der Waals surface area contributed by atoms with Crippen molar-refractivity contribution in [2.45, 2.75) is 6.42 Å². The minimum absolute atomic E-state index is 0.0236. The second-order valence-electron chi connectivity index (χ2n) is 9.03. The molecule has 0 atom stereocenters. The number of fused-ring (bicyclic) bond motifs is 1. The molecule has 9 heteroatoms. The molecule has 7 nitrogen and oxygen atoms in total. The van der Waals surface area contributed by atoms with Gasteiger partial charge in [-0.1, -0.05) is 6.07 Å². The Hall–Kier alpha value is -5.44. The number of hydrogen-bond donors (Lipinski definition) is 0. The molecule has 0 fully saturated rings. The van der Waals surface area contributed by atoms with Crippen LogP contribution in [0.5, 0.6) is 11.5 Å². The molecule has 0 aliphatic carbocycles. The van der Waals surface area contributed by atoms with Crippen molar-refractivity contribution in [2.24, 2.45) is 0 Å². The van der Waals surface area contributed by atoms with E-state index in [4.69, 9.17) is 4.74 Å². The monoisotopic (exact) mass is 534 g/mol. The van der Waals surface area contributed by atoms with Crippen molar-refractivity contribution in [3.8, 4) is 28.3 Å². The average molecular weight is 535 g/mol. The molecule has 4 heterocycles. The van der Waals surface area contributed by atoms with Crippen LogP contribution in [-0.4, -0.2) is 24.9 Å². The summed E-state index contributed by atoms with van der Waals surface area (Å²) in [4.78, 5) is 30.0. The number of carbonyl (C=O) groups excluding carboxylic acids is 1. The van der Waals surface area contributed by atoms with Crippen LogP contribution in [0.3, 0.4) is 0 Å².